The molecule has 1 heteroatoms. The highest BCUT2D eigenvalue weighted by Crippen LogP contribution is 2.36. The normalized spacial score (nSPS) is 16.2. The molecule has 0 unspecified atom stereocenters. The molecular weight excluding hydrogens is 232 g/mol. The third-order valence-electron chi connectivity index (χ3n) is 4.13. The maximum atomic E-state index is 12.7. The maximum absolute atomic E-state index is 12.7. The fraction of sp³-hybridized carbons (Fsp3) is 0.944. The highest BCUT2D eigenvalue weighted by Gasteiger charge is 2.34. The van der Waals surface area contributed by atoms with Gasteiger partial charge in [0.1, 0.15) is 5.78 Å². The standard InChI is InChI=1S/C18H36O/c1-12(2)10-15(13(3)4)11-16(19)17(14(5)6)18(7,8)9/h12-15,17H,10-11H2,1-9H3/t15-,17+/m0/s1. The van der Waals surface area contributed by atoms with Gasteiger partial charge >= 0.3 is 0 Å². The Kier molecular flexibility index (Phi) is 7.32. The number of hydrogen-bond donors (Lipinski definition) is 0. The Morgan fingerprint density at radius 3 is 1.63 bits per heavy atom. The molecule has 0 saturated heterocycles. The summed E-state index contributed by atoms with van der Waals surface area (Å²) < 4.78 is 0. The first-order valence-electron chi connectivity index (χ1n) is 7.99. The van der Waals surface area contributed by atoms with Gasteiger partial charge in [-0.1, -0.05) is 62.3 Å². The first kappa shape index (κ1) is 18.7. The van der Waals surface area contributed by atoms with Gasteiger partial charge in [-0.05, 0) is 35.5 Å². The molecule has 0 N–H and O–H groups in total. The van der Waals surface area contributed by atoms with E-state index in [2.05, 4.69) is 62.3 Å². The van der Waals surface area contributed by atoms with E-state index in [9.17, 15) is 4.79 Å². The van der Waals surface area contributed by atoms with Crippen LogP contribution in [-0.2, 0) is 4.79 Å². The predicted octanol–water partition coefficient (Wildman–Crippen LogP) is 5.58. The molecule has 0 amide bonds. The minimum Gasteiger partial charge on any atom is -0.299 e. The number of ketones is 1. The van der Waals surface area contributed by atoms with Crippen molar-refractivity contribution in [3.8, 4) is 0 Å². The minimum absolute atomic E-state index is 0.0740. The number of carbonyl (C=O) groups excluding carboxylic acids is 1. The lowest BCUT2D eigenvalue weighted by Gasteiger charge is -2.34. The summed E-state index contributed by atoms with van der Waals surface area (Å²) in [5.74, 6) is 2.89. The van der Waals surface area contributed by atoms with Gasteiger partial charge in [-0.25, -0.2) is 0 Å². The SMILES string of the molecule is CC(C)C[C@@H](CC(=O)[C@@H](C(C)C)C(C)(C)C)C(C)C. The summed E-state index contributed by atoms with van der Waals surface area (Å²) in [7, 11) is 0. The lowest BCUT2D eigenvalue weighted by Crippen LogP contribution is -2.34. The van der Waals surface area contributed by atoms with Crippen LogP contribution in [0.15, 0.2) is 0 Å². The monoisotopic (exact) mass is 268 g/mol. The van der Waals surface area contributed by atoms with Crippen LogP contribution in [0.4, 0.5) is 0 Å². The van der Waals surface area contributed by atoms with Crippen molar-refractivity contribution in [1.82, 2.24) is 0 Å². The molecule has 0 aliphatic heterocycles. The smallest absolute Gasteiger partial charge is 0.137 e. The van der Waals surface area contributed by atoms with Crippen LogP contribution in [0.25, 0.3) is 0 Å². The average Bonchev–Trinajstić information content (AvgIpc) is 2.11. The Bertz CT molecular complexity index is 268. The van der Waals surface area contributed by atoms with Gasteiger partial charge < -0.3 is 0 Å². The van der Waals surface area contributed by atoms with Crippen LogP contribution in [0.3, 0.4) is 0 Å². The quantitative estimate of drug-likeness (QED) is 0.589. The van der Waals surface area contributed by atoms with Crippen molar-refractivity contribution in [3.05, 3.63) is 0 Å². The zero-order chi connectivity index (χ0) is 15.4. The fourth-order valence-corrected chi connectivity index (χ4v) is 3.44. The van der Waals surface area contributed by atoms with Gasteiger partial charge in [0.25, 0.3) is 0 Å². The largest absolute Gasteiger partial charge is 0.299 e. The molecule has 0 spiro atoms. The lowest BCUT2D eigenvalue weighted by atomic mass is 9.69. The van der Waals surface area contributed by atoms with Gasteiger partial charge in [0, 0.05) is 12.3 Å². The van der Waals surface area contributed by atoms with E-state index in [0.717, 1.165) is 6.42 Å². The molecule has 0 radical (unpaired) electrons. The second-order valence-electron chi connectivity index (χ2n) is 8.39. The van der Waals surface area contributed by atoms with Gasteiger partial charge in [-0.15, -0.1) is 0 Å². The van der Waals surface area contributed by atoms with Gasteiger partial charge in [0.2, 0.25) is 0 Å². The van der Waals surface area contributed by atoms with Gasteiger partial charge in [0.05, 0.1) is 0 Å². The van der Waals surface area contributed by atoms with Gasteiger partial charge in [-0.3, -0.25) is 4.79 Å². The Labute approximate surface area is 121 Å². The summed E-state index contributed by atoms with van der Waals surface area (Å²) in [6, 6.07) is 0. The van der Waals surface area contributed by atoms with E-state index in [0.29, 0.717) is 29.5 Å². The molecule has 0 saturated carbocycles. The topological polar surface area (TPSA) is 17.1 Å². The maximum Gasteiger partial charge on any atom is 0.137 e. The number of Topliss-reactive ketones (excluding diaryl/α,β-unsaturated/α-hetero) is 1. The molecule has 1 nitrogen and oxygen atoms in total. The van der Waals surface area contributed by atoms with E-state index in [1.165, 1.54) is 6.42 Å². The van der Waals surface area contributed by atoms with Crippen LogP contribution in [-0.4, -0.2) is 5.78 Å². The van der Waals surface area contributed by atoms with Crippen molar-refractivity contribution in [2.75, 3.05) is 0 Å². The summed E-state index contributed by atoms with van der Waals surface area (Å²) in [4.78, 5) is 12.7. The van der Waals surface area contributed by atoms with Crippen molar-refractivity contribution >= 4 is 5.78 Å². The molecule has 0 bridgehead atoms. The summed E-state index contributed by atoms with van der Waals surface area (Å²) in [5.41, 5.74) is 0.0740. The second-order valence-corrected chi connectivity index (χ2v) is 8.39. The Morgan fingerprint density at radius 1 is 0.895 bits per heavy atom. The summed E-state index contributed by atoms with van der Waals surface area (Å²) in [5, 5.41) is 0. The molecule has 114 valence electrons. The molecule has 0 aromatic carbocycles. The zero-order valence-electron chi connectivity index (χ0n) is 14.7. The van der Waals surface area contributed by atoms with Crippen molar-refractivity contribution in [1.29, 1.82) is 0 Å². The highest BCUT2D eigenvalue weighted by atomic mass is 16.1. The molecule has 0 aliphatic rings. The second kappa shape index (κ2) is 7.45. The van der Waals surface area contributed by atoms with Crippen LogP contribution >= 0.6 is 0 Å². The molecule has 19 heavy (non-hydrogen) atoms. The number of rotatable bonds is 7. The predicted molar refractivity (Wildman–Crippen MR) is 85.2 cm³/mol. The molecule has 2 atom stereocenters. The molecule has 0 aliphatic carbocycles. The Hall–Kier alpha value is -0.330. The molecule has 0 fully saturated rings. The van der Waals surface area contributed by atoms with E-state index in [1.54, 1.807) is 0 Å². The molecule has 0 rings (SSSR count). The average molecular weight is 268 g/mol. The summed E-state index contributed by atoms with van der Waals surface area (Å²) in [6.45, 7) is 20.0. The van der Waals surface area contributed by atoms with Gasteiger partial charge in [0.15, 0.2) is 0 Å². The van der Waals surface area contributed by atoms with Crippen molar-refractivity contribution in [3.63, 3.8) is 0 Å². The van der Waals surface area contributed by atoms with E-state index in [-0.39, 0.29) is 11.3 Å². The van der Waals surface area contributed by atoms with Crippen molar-refractivity contribution in [2.45, 2.75) is 75.2 Å². The van der Waals surface area contributed by atoms with Crippen molar-refractivity contribution in [2.24, 2.45) is 35.0 Å². The number of carbonyl (C=O) groups is 1. The first-order chi connectivity index (χ1) is 8.46. The summed E-state index contributed by atoms with van der Waals surface area (Å²) >= 11 is 0. The summed E-state index contributed by atoms with van der Waals surface area (Å²) in [6.07, 6.45) is 1.92. The first-order valence-corrected chi connectivity index (χ1v) is 7.99. The van der Waals surface area contributed by atoms with Gasteiger partial charge in [-0.2, -0.15) is 0 Å². The van der Waals surface area contributed by atoms with Crippen LogP contribution in [0.1, 0.15) is 75.2 Å². The Morgan fingerprint density at radius 2 is 1.37 bits per heavy atom. The van der Waals surface area contributed by atoms with Crippen LogP contribution in [0.5, 0.6) is 0 Å². The number of hydrogen-bond acceptors (Lipinski definition) is 1. The fourth-order valence-electron chi connectivity index (χ4n) is 3.44. The zero-order valence-corrected chi connectivity index (χ0v) is 14.7. The van der Waals surface area contributed by atoms with Crippen LogP contribution in [0.2, 0.25) is 0 Å². The van der Waals surface area contributed by atoms with E-state index < -0.39 is 0 Å². The van der Waals surface area contributed by atoms with E-state index >= 15 is 0 Å². The molecular formula is C18H36O. The third-order valence-corrected chi connectivity index (χ3v) is 4.13. The molecule has 0 heterocycles. The Balaban J connectivity index is 4.87. The third kappa shape index (κ3) is 6.58. The van der Waals surface area contributed by atoms with E-state index in [1.807, 2.05) is 0 Å². The van der Waals surface area contributed by atoms with Crippen molar-refractivity contribution < 1.29 is 4.79 Å². The minimum atomic E-state index is 0.0740. The van der Waals surface area contributed by atoms with E-state index in [4.69, 9.17) is 0 Å². The van der Waals surface area contributed by atoms with Crippen LogP contribution < -0.4 is 0 Å². The lowest BCUT2D eigenvalue weighted by molar-refractivity contribution is -0.129. The molecule has 0 aromatic rings. The molecule has 0 aromatic heterocycles. The van der Waals surface area contributed by atoms with Crippen LogP contribution in [0, 0.1) is 35.0 Å². The highest BCUT2D eigenvalue weighted by molar-refractivity contribution is 5.82.